The first kappa shape index (κ1) is 18.5. The van der Waals surface area contributed by atoms with Crippen LogP contribution in [0.15, 0.2) is 64.6 Å². The minimum atomic E-state index is -4.01. The minimum absolute atomic E-state index is 0.00407. The van der Waals surface area contributed by atoms with Crippen molar-refractivity contribution in [2.24, 2.45) is 5.10 Å². The molecule has 140 valence electrons. The number of aromatic hydroxyl groups is 1. The number of hydrazone groups is 1. The zero-order valence-corrected chi connectivity index (χ0v) is 15.5. The van der Waals surface area contributed by atoms with Crippen molar-refractivity contribution in [3.05, 3.63) is 60.2 Å². The number of sulfonamides is 1. The van der Waals surface area contributed by atoms with Crippen molar-refractivity contribution in [3.63, 3.8) is 0 Å². The van der Waals surface area contributed by atoms with Gasteiger partial charge >= 0.3 is 0 Å². The quantitative estimate of drug-likeness (QED) is 0.502. The average molecular weight is 386 g/mol. The summed E-state index contributed by atoms with van der Waals surface area (Å²) in [7, 11) is -1.20. The SMILES string of the molecule is COc1ccc(OC)c(S(=O)(=O)N/N=C/c2c(O)ccc3ccccc23)c1. The second kappa shape index (κ2) is 7.55. The molecule has 0 aliphatic rings. The van der Waals surface area contributed by atoms with E-state index in [9.17, 15) is 13.5 Å². The third kappa shape index (κ3) is 3.80. The van der Waals surface area contributed by atoms with E-state index in [1.54, 1.807) is 12.1 Å². The van der Waals surface area contributed by atoms with Crippen LogP contribution in [0.5, 0.6) is 17.2 Å². The maximum Gasteiger partial charge on any atom is 0.280 e. The first-order chi connectivity index (χ1) is 13.0. The Morgan fingerprint density at radius 2 is 1.81 bits per heavy atom. The van der Waals surface area contributed by atoms with Gasteiger partial charge in [0.25, 0.3) is 10.0 Å². The van der Waals surface area contributed by atoms with Crippen LogP contribution in [-0.4, -0.2) is 34.0 Å². The molecule has 0 bridgehead atoms. The number of methoxy groups -OCH3 is 2. The van der Waals surface area contributed by atoms with Gasteiger partial charge in [-0.15, -0.1) is 0 Å². The first-order valence-electron chi connectivity index (χ1n) is 7.94. The number of nitrogens with zero attached hydrogens (tertiary/aromatic N) is 1. The highest BCUT2D eigenvalue weighted by molar-refractivity contribution is 7.89. The molecule has 0 aliphatic carbocycles. The van der Waals surface area contributed by atoms with Crippen LogP contribution in [0.1, 0.15) is 5.56 Å². The molecule has 0 amide bonds. The summed E-state index contributed by atoms with van der Waals surface area (Å²) in [6.45, 7) is 0. The van der Waals surface area contributed by atoms with Crippen LogP contribution < -0.4 is 14.3 Å². The van der Waals surface area contributed by atoms with Crippen molar-refractivity contribution in [3.8, 4) is 17.2 Å². The molecule has 3 aromatic rings. The highest BCUT2D eigenvalue weighted by atomic mass is 32.2. The van der Waals surface area contributed by atoms with E-state index in [1.165, 1.54) is 38.6 Å². The molecule has 0 saturated heterocycles. The lowest BCUT2D eigenvalue weighted by Gasteiger charge is -2.10. The van der Waals surface area contributed by atoms with Crippen LogP contribution in [0.4, 0.5) is 0 Å². The molecule has 0 atom stereocenters. The normalized spacial score (nSPS) is 11.6. The fraction of sp³-hybridized carbons (Fsp3) is 0.105. The van der Waals surface area contributed by atoms with E-state index in [4.69, 9.17) is 9.47 Å². The van der Waals surface area contributed by atoms with Crippen LogP contribution in [0.25, 0.3) is 10.8 Å². The van der Waals surface area contributed by atoms with Gasteiger partial charge in [-0.05, 0) is 29.0 Å². The second-order valence-corrected chi connectivity index (χ2v) is 7.22. The monoisotopic (exact) mass is 386 g/mol. The standard InChI is InChI=1S/C19H18N2O5S/c1-25-14-8-10-18(26-2)19(11-14)27(23,24)21-20-12-16-15-6-4-3-5-13(15)7-9-17(16)22/h3-12,21-22H,1-2H3/b20-12+. The minimum Gasteiger partial charge on any atom is -0.507 e. The Kier molecular flexibility index (Phi) is 5.18. The van der Waals surface area contributed by atoms with Gasteiger partial charge in [-0.3, -0.25) is 0 Å². The molecule has 0 saturated carbocycles. The maximum atomic E-state index is 12.6. The van der Waals surface area contributed by atoms with Gasteiger partial charge in [0.1, 0.15) is 22.1 Å². The Balaban J connectivity index is 1.94. The topological polar surface area (TPSA) is 97.2 Å². The summed E-state index contributed by atoms with van der Waals surface area (Å²) < 4.78 is 35.4. The molecule has 0 aliphatic heterocycles. The van der Waals surface area contributed by atoms with Crippen molar-refractivity contribution in [2.45, 2.75) is 4.90 Å². The van der Waals surface area contributed by atoms with Crippen molar-refractivity contribution in [1.29, 1.82) is 0 Å². The van der Waals surface area contributed by atoms with Crippen LogP contribution in [0.3, 0.4) is 0 Å². The van der Waals surface area contributed by atoms with Crippen LogP contribution in [0, 0.1) is 0 Å². The van der Waals surface area contributed by atoms with Gasteiger partial charge in [-0.1, -0.05) is 30.3 Å². The van der Waals surface area contributed by atoms with Gasteiger partial charge in [0.05, 0.1) is 20.4 Å². The van der Waals surface area contributed by atoms with E-state index in [-0.39, 0.29) is 16.4 Å². The van der Waals surface area contributed by atoms with Crippen molar-refractivity contribution >= 4 is 27.0 Å². The Bertz CT molecular complexity index is 1110. The third-order valence-electron chi connectivity index (χ3n) is 3.97. The number of ether oxygens (including phenoxy) is 2. The smallest absolute Gasteiger partial charge is 0.280 e. The highest BCUT2D eigenvalue weighted by Crippen LogP contribution is 2.28. The molecule has 27 heavy (non-hydrogen) atoms. The summed E-state index contributed by atoms with van der Waals surface area (Å²) in [6, 6.07) is 15.1. The Hall–Kier alpha value is -3.26. The largest absolute Gasteiger partial charge is 0.507 e. The zero-order valence-electron chi connectivity index (χ0n) is 14.7. The summed E-state index contributed by atoms with van der Waals surface area (Å²) >= 11 is 0. The van der Waals surface area contributed by atoms with Crippen LogP contribution in [-0.2, 0) is 10.0 Å². The molecular formula is C19H18N2O5S. The third-order valence-corrected chi connectivity index (χ3v) is 5.22. The van der Waals surface area contributed by atoms with Crippen LogP contribution in [0.2, 0.25) is 0 Å². The lowest BCUT2D eigenvalue weighted by Crippen LogP contribution is -2.19. The molecule has 0 heterocycles. The molecular weight excluding hydrogens is 368 g/mol. The Morgan fingerprint density at radius 1 is 1.04 bits per heavy atom. The van der Waals surface area contributed by atoms with Crippen molar-refractivity contribution < 1.29 is 23.0 Å². The number of nitrogens with one attached hydrogen (secondary N) is 1. The van der Waals surface area contributed by atoms with Gasteiger partial charge < -0.3 is 14.6 Å². The summed E-state index contributed by atoms with van der Waals surface area (Å²) in [6.07, 6.45) is 1.27. The highest BCUT2D eigenvalue weighted by Gasteiger charge is 2.20. The fourth-order valence-electron chi connectivity index (χ4n) is 2.62. The summed E-state index contributed by atoms with van der Waals surface area (Å²) in [5, 5.41) is 15.6. The van der Waals surface area contributed by atoms with E-state index < -0.39 is 10.0 Å². The zero-order chi connectivity index (χ0) is 19.4. The van der Waals surface area contributed by atoms with Gasteiger partial charge in [0.15, 0.2) is 0 Å². The van der Waals surface area contributed by atoms with Gasteiger partial charge in [0, 0.05) is 11.6 Å². The summed E-state index contributed by atoms with van der Waals surface area (Å²) in [4.78, 5) is 2.03. The number of rotatable bonds is 6. The van der Waals surface area contributed by atoms with E-state index in [2.05, 4.69) is 9.93 Å². The summed E-state index contributed by atoms with van der Waals surface area (Å²) in [5.41, 5.74) is 0.411. The Morgan fingerprint density at radius 3 is 2.56 bits per heavy atom. The molecule has 8 heteroatoms. The molecule has 0 aromatic heterocycles. The number of hydrogen-bond acceptors (Lipinski definition) is 6. The number of fused-ring (bicyclic) bond motifs is 1. The molecule has 0 spiro atoms. The maximum absolute atomic E-state index is 12.6. The predicted octanol–water partition coefficient (Wildman–Crippen LogP) is 2.88. The van der Waals surface area contributed by atoms with Gasteiger partial charge in [0.2, 0.25) is 0 Å². The van der Waals surface area contributed by atoms with Gasteiger partial charge in [-0.25, -0.2) is 0 Å². The van der Waals surface area contributed by atoms with E-state index in [0.717, 1.165) is 10.8 Å². The molecule has 3 aromatic carbocycles. The number of phenols is 1. The molecule has 3 rings (SSSR count). The second-order valence-electron chi connectivity index (χ2n) is 5.59. The lowest BCUT2D eigenvalue weighted by molar-refractivity contribution is 0.392. The van der Waals surface area contributed by atoms with Crippen molar-refractivity contribution in [1.82, 2.24) is 4.83 Å². The van der Waals surface area contributed by atoms with Gasteiger partial charge in [-0.2, -0.15) is 18.4 Å². The molecule has 0 radical (unpaired) electrons. The molecule has 2 N–H and O–H groups in total. The average Bonchev–Trinajstić information content (AvgIpc) is 2.69. The fourth-order valence-corrected chi connectivity index (χ4v) is 3.60. The molecule has 0 fully saturated rings. The Labute approximate surface area is 156 Å². The number of benzene rings is 3. The van der Waals surface area contributed by atoms with Crippen molar-refractivity contribution in [2.75, 3.05) is 14.2 Å². The number of hydrogen-bond donors (Lipinski definition) is 2. The van der Waals surface area contributed by atoms with Crippen LogP contribution >= 0.6 is 0 Å². The van der Waals surface area contributed by atoms with E-state index in [0.29, 0.717) is 11.3 Å². The first-order valence-corrected chi connectivity index (χ1v) is 9.42. The summed E-state index contributed by atoms with van der Waals surface area (Å²) in [5.74, 6) is 0.522. The predicted molar refractivity (Wildman–Crippen MR) is 103 cm³/mol. The molecule has 0 unspecified atom stereocenters. The van der Waals surface area contributed by atoms with E-state index >= 15 is 0 Å². The number of phenolic OH excluding ortho intramolecular Hbond substituents is 1. The molecule has 7 nitrogen and oxygen atoms in total. The lowest BCUT2D eigenvalue weighted by atomic mass is 10.0. The van der Waals surface area contributed by atoms with E-state index in [1.807, 2.05) is 24.3 Å².